The van der Waals surface area contributed by atoms with Crippen molar-refractivity contribution < 1.29 is 24.2 Å². The highest BCUT2D eigenvalue weighted by Crippen LogP contribution is 2.29. The van der Waals surface area contributed by atoms with Gasteiger partial charge >= 0.3 is 5.97 Å². The summed E-state index contributed by atoms with van der Waals surface area (Å²) in [5.41, 5.74) is 1.10. The van der Waals surface area contributed by atoms with Crippen LogP contribution in [0.15, 0.2) is 42.6 Å². The van der Waals surface area contributed by atoms with E-state index < -0.39 is 17.9 Å². The smallest absolute Gasteiger partial charge is 0.321 e. The minimum absolute atomic E-state index is 0.244. The van der Waals surface area contributed by atoms with Crippen molar-refractivity contribution in [1.29, 1.82) is 0 Å². The zero-order chi connectivity index (χ0) is 18.9. The number of benzene rings is 1. The summed E-state index contributed by atoms with van der Waals surface area (Å²) in [4.78, 5) is 27.8. The van der Waals surface area contributed by atoms with E-state index in [4.69, 9.17) is 9.47 Å². The van der Waals surface area contributed by atoms with Crippen LogP contribution in [0.2, 0.25) is 0 Å². The monoisotopic (exact) mass is 359 g/mol. The summed E-state index contributed by atoms with van der Waals surface area (Å²) in [6.07, 6.45) is 1.37. The summed E-state index contributed by atoms with van der Waals surface area (Å²) in [6.45, 7) is 0.244. The van der Waals surface area contributed by atoms with Crippen LogP contribution in [-0.2, 0) is 16.1 Å². The molecule has 0 saturated heterocycles. The van der Waals surface area contributed by atoms with Gasteiger partial charge in [-0.15, -0.1) is 0 Å². The van der Waals surface area contributed by atoms with Crippen molar-refractivity contribution in [3.63, 3.8) is 0 Å². The molecule has 2 rings (SSSR count). The van der Waals surface area contributed by atoms with Gasteiger partial charge in [-0.2, -0.15) is 0 Å². The lowest BCUT2D eigenvalue weighted by Gasteiger charge is -2.15. The average molecular weight is 359 g/mol. The zero-order valence-electron chi connectivity index (χ0n) is 14.6. The number of rotatable bonds is 9. The molecule has 0 bridgehead atoms. The van der Waals surface area contributed by atoms with E-state index in [1.54, 1.807) is 36.5 Å². The van der Waals surface area contributed by atoms with Gasteiger partial charge in [0, 0.05) is 18.8 Å². The molecule has 26 heavy (non-hydrogen) atoms. The fourth-order valence-corrected chi connectivity index (χ4v) is 2.28. The number of amides is 1. The molecule has 0 aliphatic rings. The van der Waals surface area contributed by atoms with Crippen LogP contribution in [0, 0.1) is 0 Å². The van der Waals surface area contributed by atoms with E-state index in [-0.39, 0.29) is 13.0 Å². The largest absolute Gasteiger partial charge is 0.497 e. The molecule has 0 aliphatic heterocycles. The summed E-state index contributed by atoms with van der Waals surface area (Å²) in [6, 6.07) is 9.26. The predicted octanol–water partition coefficient (Wildman–Crippen LogP) is 1.67. The van der Waals surface area contributed by atoms with Crippen molar-refractivity contribution >= 4 is 17.6 Å². The van der Waals surface area contributed by atoms with Gasteiger partial charge in [0.05, 0.1) is 32.0 Å². The fourth-order valence-electron chi connectivity index (χ4n) is 2.28. The van der Waals surface area contributed by atoms with Crippen molar-refractivity contribution in [2.45, 2.75) is 19.0 Å². The Bertz CT molecular complexity index is 752. The molecule has 1 atom stereocenters. The Hall–Kier alpha value is -3.13. The number of aromatic nitrogens is 1. The molecular formula is C18H21N3O5. The third-order valence-corrected chi connectivity index (χ3v) is 3.62. The third kappa shape index (κ3) is 5.45. The lowest BCUT2D eigenvalue weighted by atomic mass is 10.2. The maximum absolute atomic E-state index is 12.3. The van der Waals surface area contributed by atoms with Gasteiger partial charge in [0.15, 0.2) is 0 Å². The van der Waals surface area contributed by atoms with Crippen LogP contribution in [-0.4, -0.2) is 42.2 Å². The second kappa shape index (κ2) is 9.38. The van der Waals surface area contributed by atoms with E-state index in [0.29, 0.717) is 22.9 Å². The number of hydrogen-bond acceptors (Lipinski definition) is 6. The van der Waals surface area contributed by atoms with Gasteiger partial charge in [-0.1, -0.05) is 6.07 Å². The number of methoxy groups -OCH3 is 2. The summed E-state index contributed by atoms with van der Waals surface area (Å²) >= 11 is 0. The first kappa shape index (κ1) is 19.2. The molecule has 0 radical (unpaired) electrons. The van der Waals surface area contributed by atoms with Gasteiger partial charge in [0.2, 0.25) is 5.91 Å². The molecule has 1 aromatic carbocycles. The van der Waals surface area contributed by atoms with Crippen molar-refractivity contribution in [3.8, 4) is 11.5 Å². The SMILES string of the molecule is COc1ccc(OC)c(NC(=O)CC(NCc2ccccn2)C(=O)O)c1. The number of ether oxygens (including phenoxy) is 2. The second-order valence-corrected chi connectivity index (χ2v) is 5.41. The quantitative estimate of drug-likeness (QED) is 0.625. The number of nitrogens with zero attached hydrogens (tertiary/aromatic N) is 1. The molecule has 1 amide bonds. The number of aliphatic carboxylic acids is 1. The van der Waals surface area contributed by atoms with Gasteiger partial charge in [0.25, 0.3) is 0 Å². The number of carboxylic acids is 1. The zero-order valence-corrected chi connectivity index (χ0v) is 14.6. The molecule has 0 saturated carbocycles. The normalized spacial score (nSPS) is 11.5. The van der Waals surface area contributed by atoms with Crippen molar-refractivity contribution in [2.75, 3.05) is 19.5 Å². The van der Waals surface area contributed by atoms with Crippen LogP contribution in [0.5, 0.6) is 11.5 Å². The maximum atomic E-state index is 12.3. The minimum atomic E-state index is -1.12. The molecule has 1 heterocycles. The average Bonchev–Trinajstić information content (AvgIpc) is 2.65. The maximum Gasteiger partial charge on any atom is 0.321 e. The van der Waals surface area contributed by atoms with Gasteiger partial charge < -0.3 is 19.9 Å². The van der Waals surface area contributed by atoms with Crippen LogP contribution in [0.4, 0.5) is 5.69 Å². The fraction of sp³-hybridized carbons (Fsp3) is 0.278. The second-order valence-electron chi connectivity index (χ2n) is 5.41. The van der Waals surface area contributed by atoms with Crippen LogP contribution < -0.4 is 20.1 Å². The third-order valence-electron chi connectivity index (χ3n) is 3.62. The Morgan fingerprint density at radius 1 is 1.19 bits per heavy atom. The summed E-state index contributed by atoms with van der Waals surface area (Å²) in [7, 11) is 2.99. The molecule has 8 heteroatoms. The molecule has 3 N–H and O–H groups in total. The Morgan fingerprint density at radius 2 is 2.00 bits per heavy atom. The number of anilines is 1. The molecule has 0 aliphatic carbocycles. The lowest BCUT2D eigenvalue weighted by molar-refractivity contribution is -0.141. The number of nitrogens with one attached hydrogen (secondary N) is 2. The molecule has 0 fully saturated rings. The molecule has 1 aromatic heterocycles. The Labute approximate surface area is 151 Å². The number of carbonyl (C=O) groups excluding carboxylic acids is 1. The van der Waals surface area contributed by atoms with Crippen molar-refractivity contribution in [2.24, 2.45) is 0 Å². The van der Waals surface area contributed by atoms with Crippen LogP contribution in [0.25, 0.3) is 0 Å². The van der Waals surface area contributed by atoms with Gasteiger partial charge in [0.1, 0.15) is 17.5 Å². The number of pyridine rings is 1. The van der Waals surface area contributed by atoms with E-state index in [9.17, 15) is 14.7 Å². The molecule has 138 valence electrons. The Kier molecular flexibility index (Phi) is 6.92. The van der Waals surface area contributed by atoms with E-state index in [2.05, 4.69) is 15.6 Å². The summed E-state index contributed by atoms with van der Waals surface area (Å²) in [5, 5.41) is 14.8. The van der Waals surface area contributed by atoms with Crippen LogP contribution in [0.1, 0.15) is 12.1 Å². The number of carboxylic acid groups (broad SMARTS) is 1. The molecule has 0 spiro atoms. The Morgan fingerprint density at radius 3 is 2.62 bits per heavy atom. The Balaban J connectivity index is 2.00. The van der Waals surface area contributed by atoms with Gasteiger partial charge in [-0.25, -0.2) is 0 Å². The van der Waals surface area contributed by atoms with Crippen molar-refractivity contribution in [3.05, 3.63) is 48.3 Å². The molecule has 2 aromatic rings. The summed E-state index contributed by atoms with van der Waals surface area (Å²) < 4.78 is 10.3. The molecular weight excluding hydrogens is 338 g/mol. The minimum Gasteiger partial charge on any atom is -0.497 e. The lowest BCUT2D eigenvalue weighted by Crippen LogP contribution is -2.39. The number of carbonyl (C=O) groups is 2. The van der Waals surface area contributed by atoms with E-state index in [1.165, 1.54) is 14.2 Å². The van der Waals surface area contributed by atoms with Gasteiger partial charge in [-0.3, -0.25) is 19.9 Å². The first-order chi connectivity index (χ1) is 12.5. The predicted molar refractivity (Wildman–Crippen MR) is 95.3 cm³/mol. The van der Waals surface area contributed by atoms with Crippen molar-refractivity contribution in [1.82, 2.24) is 10.3 Å². The first-order valence-electron chi connectivity index (χ1n) is 7.91. The van der Waals surface area contributed by atoms with E-state index in [1.807, 2.05) is 6.07 Å². The highest BCUT2D eigenvalue weighted by atomic mass is 16.5. The standard InChI is InChI=1S/C18H21N3O5/c1-25-13-6-7-16(26-2)14(9-13)21-17(22)10-15(18(23)24)20-11-12-5-3-4-8-19-12/h3-9,15,20H,10-11H2,1-2H3,(H,21,22)(H,23,24). The topological polar surface area (TPSA) is 110 Å². The number of hydrogen-bond donors (Lipinski definition) is 3. The van der Waals surface area contributed by atoms with Gasteiger partial charge in [-0.05, 0) is 24.3 Å². The van der Waals surface area contributed by atoms with Crippen LogP contribution in [0.3, 0.4) is 0 Å². The van der Waals surface area contributed by atoms with Crippen LogP contribution >= 0.6 is 0 Å². The summed E-state index contributed by atoms with van der Waals surface area (Å²) in [5.74, 6) is -0.581. The highest BCUT2D eigenvalue weighted by molar-refractivity contribution is 5.95. The van der Waals surface area contributed by atoms with E-state index in [0.717, 1.165) is 0 Å². The molecule has 8 nitrogen and oxygen atoms in total. The molecule has 1 unspecified atom stereocenters. The van der Waals surface area contributed by atoms with E-state index >= 15 is 0 Å². The first-order valence-corrected chi connectivity index (χ1v) is 7.91. The highest BCUT2D eigenvalue weighted by Gasteiger charge is 2.21.